The second-order valence-corrected chi connectivity index (χ2v) is 5.19. The lowest BCUT2D eigenvalue weighted by Crippen LogP contribution is -2.42. The number of benzene rings is 1. The van der Waals surface area contributed by atoms with Gasteiger partial charge in [-0.25, -0.2) is 4.39 Å². The summed E-state index contributed by atoms with van der Waals surface area (Å²) in [6, 6.07) is 4.74. The Hall–Kier alpha value is -0.970. The lowest BCUT2D eigenvalue weighted by Gasteiger charge is -2.34. The Morgan fingerprint density at radius 2 is 2.22 bits per heavy atom. The lowest BCUT2D eigenvalue weighted by molar-refractivity contribution is 0.0258. The number of hydrogen-bond acceptors (Lipinski definition) is 3. The molecule has 2 atom stereocenters. The summed E-state index contributed by atoms with van der Waals surface area (Å²) < 4.78 is 13.3. The molecular weight excluding hydrogens is 231 g/mol. The summed E-state index contributed by atoms with van der Waals surface area (Å²) >= 11 is 0. The molecule has 1 saturated heterocycles. The zero-order chi connectivity index (χ0) is 13.1. The zero-order valence-corrected chi connectivity index (χ0v) is 10.8. The fourth-order valence-electron chi connectivity index (χ4n) is 2.44. The van der Waals surface area contributed by atoms with Crippen molar-refractivity contribution in [3.63, 3.8) is 0 Å². The van der Waals surface area contributed by atoms with Gasteiger partial charge in [0, 0.05) is 19.6 Å². The molecule has 0 spiro atoms. The molecule has 18 heavy (non-hydrogen) atoms. The summed E-state index contributed by atoms with van der Waals surface area (Å²) in [5.74, 6) is 0.121. The Morgan fingerprint density at radius 3 is 2.89 bits per heavy atom. The highest BCUT2D eigenvalue weighted by atomic mass is 19.1. The number of likely N-dealkylation sites (tertiary alicyclic amines) is 1. The van der Waals surface area contributed by atoms with Crippen LogP contribution >= 0.6 is 0 Å². The second-order valence-electron chi connectivity index (χ2n) is 5.19. The van der Waals surface area contributed by atoms with Gasteiger partial charge in [0.15, 0.2) is 0 Å². The summed E-state index contributed by atoms with van der Waals surface area (Å²) in [4.78, 5) is 2.17. The van der Waals surface area contributed by atoms with E-state index < -0.39 is 0 Å². The first-order valence-electron chi connectivity index (χ1n) is 6.48. The quantitative estimate of drug-likeness (QED) is 0.857. The summed E-state index contributed by atoms with van der Waals surface area (Å²) in [5.41, 5.74) is 7.57. The van der Waals surface area contributed by atoms with Gasteiger partial charge in [-0.2, -0.15) is 0 Å². The van der Waals surface area contributed by atoms with Crippen LogP contribution in [0.3, 0.4) is 0 Å². The largest absolute Gasteiger partial charge is 0.392 e. The minimum Gasteiger partial charge on any atom is -0.392 e. The average Bonchev–Trinajstić information content (AvgIpc) is 2.34. The molecule has 4 heteroatoms. The standard InChI is InChI=1S/C14H21FN2O/c1-10-4-5-17(9-14(10)18)8-12-6-13(15)3-2-11(12)7-16/h2-3,6,10,14,18H,4-5,7-9,16H2,1H3. The number of β-amino-alcohol motifs (C(OH)–C–C–N with tert-alkyl or cyclic N) is 1. The normalized spacial score (nSPS) is 25.3. The Morgan fingerprint density at radius 1 is 1.44 bits per heavy atom. The molecule has 3 N–H and O–H groups in total. The molecule has 0 bridgehead atoms. The number of nitrogens with zero attached hydrogens (tertiary/aromatic N) is 1. The van der Waals surface area contributed by atoms with Gasteiger partial charge in [-0.15, -0.1) is 0 Å². The number of piperidine rings is 1. The van der Waals surface area contributed by atoms with Gasteiger partial charge < -0.3 is 10.8 Å². The maximum atomic E-state index is 13.3. The first kappa shape index (κ1) is 13.5. The topological polar surface area (TPSA) is 49.5 Å². The highest BCUT2D eigenvalue weighted by Crippen LogP contribution is 2.20. The van der Waals surface area contributed by atoms with Crippen molar-refractivity contribution in [3.8, 4) is 0 Å². The Balaban J connectivity index is 2.07. The fourth-order valence-corrected chi connectivity index (χ4v) is 2.44. The van der Waals surface area contributed by atoms with Crippen LogP contribution in [0.5, 0.6) is 0 Å². The third-order valence-electron chi connectivity index (χ3n) is 3.78. The van der Waals surface area contributed by atoms with Crippen LogP contribution in [0.4, 0.5) is 4.39 Å². The molecule has 1 heterocycles. The van der Waals surface area contributed by atoms with Crippen LogP contribution in [0.2, 0.25) is 0 Å². The molecule has 2 rings (SSSR count). The molecule has 0 saturated carbocycles. The van der Waals surface area contributed by atoms with E-state index in [0.29, 0.717) is 25.6 Å². The molecule has 1 aromatic carbocycles. The van der Waals surface area contributed by atoms with Gasteiger partial charge in [0.05, 0.1) is 6.10 Å². The summed E-state index contributed by atoms with van der Waals surface area (Å²) in [7, 11) is 0. The Labute approximate surface area is 107 Å². The van der Waals surface area contributed by atoms with E-state index in [1.807, 2.05) is 0 Å². The van der Waals surface area contributed by atoms with Crippen molar-refractivity contribution in [1.82, 2.24) is 4.90 Å². The minimum atomic E-state index is -0.284. The lowest BCUT2D eigenvalue weighted by atomic mass is 9.95. The van der Waals surface area contributed by atoms with Crippen LogP contribution < -0.4 is 5.73 Å². The molecule has 0 amide bonds. The van der Waals surface area contributed by atoms with Crippen LogP contribution in [-0.4, -0.2) is 29.2 Å². The van der Waals surface area contributed by atoms with Crippen molar-refractivity contribution in [3.05, 3.63) is 35.1 Å². The van der Waals surface area contributed by atoms with Crippen molar-refractivity contribution >= 4 is 0 Å². The molecule has 1 aromatic rings. The summed E-state index contributed by atoms with van der Waals surface area (Å²) in [6.07, 6.45) is 0.697. The van der Waals surface area contributed by atoms with Crippen LogP contribution in [0.25, 0.3) is 0 Å². The van der Waals surface area contributed by atoms with Gasteiger partial charge in [0.1, 0.15) is 5.82 Å². The van der Waals surface area contributed by atoms with Crippen molar-refractivity contribution in [2.75, 3.05) is 13.1 Å². The van der Waals surface area contributed by atoms with Crippen molar-refractivity contribution < 1.29 is 9.50 Å². The number of halogens is 1. The van der Waals surface area contributed by atoms with E-state index in [-0.39, 0.29) is 11.9 Å². The summed E-state index contributed by atoms with van der Waals surface area (Å²) in [5, 5.41) is 9.87. The summed E-state index contributed by atoms with van der Waals surface area (Å²) in [6.45, 7) is 4.74. The third kappa shape index (κ3) is 3.07. The average molecular weight is 252 g/mol. The molecule has 0 aliphatic carbocycles. The van der Waals surface area contributed by atoms with E-state index >= 15 is 0 Å². The van der Waals surface area contributed by atoms with E-state index in [2.05, 4.69) is 11.8 Å². The Bertz CT molecular complexity index is 411. The fraction of sp³-hybridized carbons (Fsp3) is 0.571. The number of nitrogens with two attached hydrogens (primary N) is 1. The van der Waals surface area contributed by atoms with E-state index in [4.69, 9.17) is 5.73 Å². The zero-order valence-electron chi connectivity index (χ0n) is 10.8. The van der Waals surface area contributed by atoms with Gasteiger partial charge in [-0.3, -0.25) is 4.90 Å². The number of rotatable bonds is 3. The monoisotopic (exact) mass is 252 g/mol. The Kier molecular flexibility index (Phi) is 4.32. The van der Waals surface area contributed by atoms with E-state index in [1.54, 1.807) is 12.1 Å². The van der Waals surface area contributed by atoms with Crippen molar-refractivity contribution in [2.24, 2.45) is 11.7 Å². The highest BCUT2D eigenvalue weighted by Gasteiger charge is 2.24. The van der Waals surface area contributed by atoms with Gasteiger partial charge in [-0.05, 0) is 42.1 Å². The van der Waals surface area contributed by atoms with Crippen LogP contribution in [0.1, 0.15) is 24.5 Å². The van der Waals surface area contributed by atoms with Gasteiger partial charge >= 0.3 is 0 Å². The van der Waals surface area contributed by atoms with E-state index in [9.17, 15) is 9.50 Å². The van der Waals surface area contributed by atoms with Crippen LogP contribution in [0.15, 0.2) is 18.2 Å². The van der Waals surface area contributed by atoms with Gasteiger partial charge in [0.25, 0.3) is 0 Å². The first-order valence-corrected chi connectivity index (χ1v) is 6.48. The van der Waals surface area contributed by atoms with E-state index in [1.165, 1.54) is 6.07 Å². The second kappa shape index (κ2) is 5.78. The van der Waals surface area contributed by atoms with Gasteiger partial charge in [0.2, 0.25) is 0 Å². The molecule has 0 aromatic heterocycles. The maximum Gasteiger partial charge on any atom is 0.123 e. The number of hydrogen-bond donors (Lipinski definition) is 2. The molecule has 0 radical (unpaired) electrons. The predicted octanol–water partition coefficient (Wildman–Crippen LogP) is 1.49. The maximum absolute atomic E-state index is 13.3. The highest BCUT2D eigenvalue weighted by molar-refractivity contribution is 5.27. The molecule has 1 fully saturated rings. The van der Waals surface area contributed by atoms with Gasteiger partial charge in [-0.1, -0.05) is 13.0 Å². The number of aliphatic hydroxyl groups excluding tert-OH is 1. The molecule has 3 nitrogen and oxygen atoms in total. The smallest absolute Gasteiger partial charge is 0.123 e. The minimum absolute atomic E-state index is 0.229. The SMILES string of the molecule is CC1CCN(Cc2cc(F)ccc2CN)CC1O. The molecule has 1 aliphatic heterocycles. The predicted molar refractivity (Wildman–Crippen MR) is 69.4 cm³/mol. The molecular formula is C14H21FN2O. The van der Waals surface area contributed by atoms with Crippen LogP contribution in [-0.2, 0) is 13.1 Å². The molecule has 2 unspecified atom stereocenters. The molecule has 100 valence electrons. The van der Waals surface area contributed by atoms with Crippen LogP contribution in [0, 0.1) is 11.7 Å². The first-order chi connectivity index (χ1) is 8.60. The third-order valence-corrected chi connectivity index (χ3v) is 3.78. The number of aliphatic hydroxyl groups is 1. The van der Waals surface area contributed by atoms with Crippen molar-refractivity contribution in [1.29, 1.82) is 0 Å². The van der Waals surface area contributed by atoms with E-state index in [0.717, 1.165) is 24.1 Å². The van der Waals surface area contributed by atoms with Crippen molar-refractivity contribution in [2.45, 2.75) is 32.5 Å². The molecule has 1 aliphatic rings.